The van der Waals surface area contributed by atoms with Crippen LogP contribution in [0.4, 0.5) is 0 Å². The Morgan fingerprint density at radius 3 is 3.11 bits per heavy atom. The minimum absolute atomic E-state index is 0.0340. The molecule has 5 nitrogen and oxygen atoms in total. The number of nitrogens with zero attached hydrogens (tertiary/aromatic N) is 1. The molecule has 2 heterocycles. The molecule has 1 aliphatic heterocycles. The SMILES string of the molecule is COCc1ccc(C(=O)N2CC[C@@H](N)[C@H](O)C2)s1. The van der Waals surface area contributed by atoms with Gasteiger partial charge in [-0.1, -0.05) is 0 Å². The van der Waals surface area contributed by atoms with Crippen LogP contribution in [-0.2, 0) is 11.3 Å². The van der Waals surface area contributed by atoms with Crippen molar-refractivity contribution in [2.75, 3.05) is 20.2 Å². The van der Waals surface area contributed by atoms with Crippen LogP contribution in [0, 0.1) is 0 Å². The number of ether oxygens (including phenoxy) is 1. The predicted octanol–water partition coefficient (Wildman–Crippen LogP) is 0.429. The maximum atomic E-state index is 12.2. The number of hydrogen-bond donors (Lipinski definition) is 2. The Kier molecular flexibility index (Phi) is 4.34. The summed E-state index contributed by atoms with van der Waals surface area (Å²) < 4.78 is 5.03. The van der Waals surface area contributed by atoms with Crippen molar-refractivity contribution in [1.29, 1.82) is 0 Å². The van der Waals surface area contributed by atoms with Gasteiger partial charge in [0.1, 0.15) is 0 Å². The smallest absolute Gasteiger partial charge is 0.264 e. The lowest BCUT2D eigenvalue weighted by molar-refractivity contribution is 0.0399. The van der Waals surface area contributed by atoms with Gasteiger partial charge in [-0.2, -0.15) is 0 Å². The molecule has 1 aromatic heterocycles. The maximum Gasteiger partial charge on any atom is 0.264 e. The molecule has 0 radical (unpaired) electrons. The third kappa shape index (κ3) is 2.89. The highest BCUT2D eigenvalue weighted by Gasteiger charge is 2.28. The number of likely N-dealkylation sites (tertiary alicyclic amines) is 1. The molecule has 2 atom stereocenters. The lowest BCUT2D eigenvalue weighted by Crippen LogP contribution is -2.52. The molecule has 3 N–H and O–H groups in total. The van der Waals surface area contributed by atoms with Gasteiger partial charge in [-0.05, 0) is 18.6 Å². The highest BCUT2D eigenvalue weighted by Crippen LogP contribution is 2.21. The van der Waals surface area contributed by atoms with Crippen molar-refractivity contribution in [3.63, 3.8) is 0 Å². The molecule has 0 bridgehead atoms. The Balaban J connectivity index is 2.02. The van der Waals surface area contributed by atoms with E-state index in [2.05, 4.69) is 0 Å². The highest BCUT2D eigenvalue weighted by atomic mass is 32.1. The number of rotatable bonds is 3. The quantitative estimate of drug-likeness (QED) is 0.835. The van der Waals surface area contributed by atoms with E-state index in [1.807, 2.05) is 12.1 Å². The van der Waals surface area contributed by atoms with Crippen molar-refractivity contribution >= 4 is 17.2 Å². The summed E-state index contributed by atoms with van der Waals surface area (Å²) in [5.41, 5.74) is 5.72. The summed E-state index contributed by atoms with van der Waals surface area (Å²) in [6.07, 6.45) is 0.0181. The molecule has 0 aliphatic carbocycles. The van der Waals surface area contributed by atoms with Crippen LogP contribution in [0.1, 0.15) is 21.0 Å². The minimum Gasteiger partial charge on any atom is -0.390 e. The molecule has 6 heteroatoms. The maximum absolute atomic E-state index is 12.2. The molecule has 0 unspecified atom stereocenters. The molecule has 1 saturated heterocycles. The zero-order valence-electron chi connectivity index (χ0n) is 10.3. The fourth-order valence-electron chi connectivity index (χ4n) is 2.00. The van der Waals surface area contributed by atoms with Gasteiger partial charge in [0.25, 0.3) is 5.91 Å². The Hall–Kier alpha value is -0.950. The van der Waals surface area contributed by atoms with Crippen LogP contribution in [0.2, 0.25) is 0 Å². The predicted molar refractivity (Wildman–Crippen MR) is 69.5 cm³/mol. The summed E-state index contributed by atoms with van der Waals surface area (Å²) in [6, 6.07) is 3.48. The molecular formula is C12H18N2O3S. The Morgan fingerprint density at radius 1 is 1.67 bits per heavy atom. The van der Waals surface area contributed by atoms with Gasteiger partial charge in [0, 0.05) is 31.1 Å². The number of carbonyl (C=O) groups excluding carboxylic acids is 1. The number of aliphatic hydroxyl groups excluding tert-OH is 1. The fourth-order valence-corrected chi connectivity index (χ4v) is 2.95. The van der Waals surface area contributed by atoms with Crippen molar-refractivity contribution in [2.45, 2.75) is 25.2 Å². The second-order valence-corrected chi connectivity index (χ2v) is 5.64. The van der Waals surface area contributed by atoms with Gasteiger partial charge in [0.15, 0.2) is 0 Å². The van der Waals surface area contributed by atoms with Gasteiger partial charge in [0.2, 0.25) is 0 Å². The number of amides is 1. The first kappa shape index (κ1) is 13.5. The van der Waals surface area contributed by atoms with E-state index >= 15 is 0 Å². The van der Waals surface area contributed by atoms with E-state index in [4.69, 9.17) is 10.5 Å². The Bertz CT molecular complexity index is 421. The zero-order chi connectivity index (χ0) is 13.1. The molecule has 18 heavy (non-hydrogen) atoms. The molecule has 1 aromatic rings. The molecule has 2 rings (SSSR count). The van der Waals surface area contributed by atoms with Gasteiger partial charge in [-0.3, -0.25) is 4.79 Å². The van der Waals surface area contributed by atoms with Crippen molar-refractivity contribution in [2.24, 2.45) is 5.73 Å². The van der Waals surface area contributed by atoms with E-state index in [9.17, 15) is 9.90 Å². The summed E-state index contributed by atoms with van der Waals surface area (Å²) in [5, 5.41) is 9.70. The standard InChI is InChI=1S/C12H18N2O3S/c1-17-7-8-2-3-11(18-8)12(16)14-5-4-9(13)10(15)6-14/h2-3,9-10,15H,4-7,13H2,1H3/t9-,10-/m1/s1. The van der Waals surface area contributed by atoms with Gasteiger partial charge in [-0.25, -0.2) is 0 Å². The number of β-amino-alcohol motifs (C(OH)–C–C–N with tert-alkyl or cyclic N) is 1. The van der Waals surface area contributed by atoms with Crippen LogP contribution in [0.5, 0.6) is 0 Å². The van der Waals surface area contributed by atoms with Gasteiger partial charge < -0.3 is 20.5 Å². The zero-order valence-corrected chi connectivity index (χ0v) is 11.2. The summed E-state index contributed by atoms with van der Waals surface area (Å²) >= 11 is 1.43. The topological polar surface area (TPSA) is 75.8 Å². The van der Waals surface area contributed by atoms with Gasteiger partial charge in [-0.15, -0.1) is 11.3 Å². The number of thiophene rings is 1. The lowest BCUT2D eigenvalue weighted by atomic mass is 10.0. The Labute approximate surface area is 110 Å². The molecule has 0 spiro atoms. The first-order valence-corrected chi connectivity index (χ1v) is 6.74. The van der Waals surface area contributed by atoms with Crippen LogP contribution < -0.4 is 5.73 Å². The van der Waals surface area contributed by atoms with Gasteiger partial charge in [0.05, 0.1) is 17.6 Å². The van der Waals surface area contributed by atoms with Crippen LogP contribution in [0.25, 0.3) is 0 Å². The third-order valence-corrected chi connectivity index (χ3v) is 4.13. The van der Waals surface area contributed by atoms with Crippen molar-refractivity contribution in [1.82, 2.24) is 4.90 Å². The number of carbonyl (C=O) groups is 1. The molecule has 100 valence electrons. The number of nitrogens with two attached hydrogens (primary N) is 1. The molecule has 0 saturated carbocycles. The molecule has 1 aliphatic rings. The largest absolute Gasteiger partial charge is 0.390 e. The van der Waals surface area contributed by atoms with E-state index in [0.29, 0.717) is 31.0 Å². The van der Waals surface area contributed by atoms with E-state index in [-0.39, 0.29) is 11.9 Å². The van der Waals surface area contributed by atoms with E-state index in [1.54, 1.807) is 12.0 Å². The molecule has 0 aromatic carbocycles. The van der Waals surface area contributed by atoms with E-state index < -0.39 is 6.10 Å². The summed E-state index contributed by atoms with van der Waals surface area (Å²) in [7, 11) is 1.63. The Morgan fingerprint density at radius 2 is 2.44 bits per heavy atom. The van der Waals surface area contributed by atoms with Crippen molar-refractivity contribution in [3.8, 4) is 0 Å². The van der Waals surface area contributed by atoms with Crippen LogP contribution in [0.3, 0.4) is 0 Å². The lowest BCUT2D eigenvalue weighted by Gasteiger charge is -2.33. The van der Waals surface area contributed by atoms with Crippen LogP contribution in [-0.4, -0.2) is 48.3 Å². The van der Waals surface area contributed by atoms with Gasteiger partial charge >= 0.3 is 0 Å². The van der Waals surface area contributed by atoms with Crippen LogP contribution in [0.15, 0.2) is 12.1 Å². The molecular weight excluding hydrogens is 252 g/mol. The average molecular weight is 270 g/mol. The number of methoxy groups -OCH3 is 1. The second kappa shape index (κ2) is 5.79. The average Bonchev–Trinajstić information content (AvgIpc) is 2.81. The molecule has 1 amide bonds. The first-order valence-electron chi connectivity index (χ1n) is 5.92. The highest BCUT2D eigenvalue weighted by molar-refractivity contribution is 7.14. The van der Waals surface area contributed by atoms with Crippen molar-refractivity contribution < 1.29 is 14.6 Å². The normalized spacial score (nSPS) is 24.3. The van der Waals surface area contributed by atoms with E-state index in [1.165, 1.54) is 11.3 Å². The number of aliphatic hydroxyl groups is 1. The molecule has 1 fully saturated rings. The number of hydrogen-bond acceptors (Lipinski definition) is 5. The third-order valence-electron chi connectivity index (χ3n) is 3.08. The number of piperidine rings is 1. The van der Waals surface area contributed by atoms with E-state index in [0.717, 1.165) is 4.88 Å². The van der Waals surface area contributed by atoms with Crippen LogP contribution >= 0.6 is 11.3 Å². The first-order chi connectivity index (χ1) is 8.61. The fraction of sp³-hybridized carbons (Fsp3) is 0.583. The van der Waals surface area contributed by atoms with Crippen molar-refractivity contribution in [3.05, 3.63) is 21.9 Å². The minimum atomic E-state index is -0.624. The monoisotopic (exact) mass is 270 g/mol. The summed E-state index contributed by atoms with van der Waals surface area (Å²) in [4.78, 5) is 15.6. The summed E-state index contributed by atoms with van der Waals surface area (Å²) in [6.45, 7) is 1.44. The summed E-state index contributed by atoms with van der Waals surface area (Å²) in [5.74, 6) is -0.0340. The second-order valence-electron chi connectivity index (χ2n) is 4.47.